The van der Waals surface area contributed by atoms with Crippen LogP contribution in [0.2, 0.25) is 0 Å². The third kappa shape index (κ3) is 5.24. The molecule has 0 aromatic heterocycles. The maximum Gasteiger partial charge on any atom is 0.160 e. The van der Waals surface area contributed by atoms with Crippen molar-refractivity contribution >= 4 is 0 Å². The van der Waals surface area contributed by atoms with Gasteiger partial charge in [0, 0.05) is 6.04 Å². The largest absolute Gasteiger partial charge is 0.493 e. The Morgan fingerprint density at radius 2 is 1.67 bits per heavy atom. The summed E-state index contributed by atoms with van der Waals surface area (Å²) in [6.45, 7) is 7.86. The molecule has 3 heteroatoms. The van der Waals surface area contributed by atoms with E-state index in [1.54, 1.807) is 14.2 Å². The van der Waals surface area contributed by atoms with E-state index in [9.17, 15) is 0 Å². The Hall–Kier alpha value is -1.22. The van der Waals surface area contributed by atoms with Gasteiger partial charge in [-0.25, -0.2) is 0 Å². The summed E-state index contributed by atoms with van der Waals surface area (Å²) in [6, 6.07) is 6.77. The highest BCUT2D eigenvalue weighted by Gasteiger charge is 2.18. The van der Waals surface area contributed by atoms with Crippen molar-refractivity contribution in [1.29, 1.82) is 0 Å². The van der Waals surface area contributed by atoms with Gasteiger partial charge in [0.05, 0.1) is 14.2 Å². The van der Waals surface area contributed by atoms with Crippen LogP contribution in [0.1, 0.15) is 45.6 Å². The molecule has 21 heavy (non-hydrogen) atoms. The Kier molecular flexibility index (Phi) is 8.21. The molecule has 0 heterocycles. The molecular formula is C18H31NO2. The summed E-state index contributed by atoms with van der Waals surface area (Å²) < 4.78 is 10.7. The molecule has 0 amide bonds. The summed E-state index contributed by atoms with van der Waals surface area (Å²) >= 11 is 0. The van der Waals surface area contributed by atoms with Crippen molar-refractivity contribution < 1.29 is 9.47 Å². The molecule has 1 atom stereocenters. The van der Waals surface area contributed by atoms with Crippen LogP contribution in [0, 0.1) is 5.92 Å². The molecule has 1 aromatic rings. The standard InChI is InChI=1S/C18H31NO2/c1-6-11-19-16(15(7-2)8-3)12-14-9-10-17(20-4)18(13-14)21-5/h9-10,13,15-16,19H,6-8,11-12H2,1-5H3. The lowest BCUT2D eigenvalue weighted by Gasteiger charge is -2.27. The van der Waals surface area contributed by atoms with E-state index in [-0.39, 0.29) is 0 Å². The maximum atomic E-state index is 5.41. The summed E-state index contributed by atoms with van der Waals surface area (Å²) in [7, 11) is 3.36. The molecule has 0 bridgehead atoms. The average Bonchev–Trinajstić information content (AvgIpc) is 2.53. The quantitative estimate of drug-likeness (QED) is 0.706. The van der Waals surface area contributed by atoms with Gasteiger partial charge in [0.1, 0.15) is 0 Å². The molecule has 1 aromatic carbocycles. The molecule has 0 radical (unpaired) electrons. The van der Waals surface area contributed by atoms with Crippen LogP contribution in [0.25, 0.3) is 0 Å². The number of nitrogens with one attached hydrogen (secondary N) is 1. The van der Waals surface area contributed by atoms with E-state index < -0.39 is 0 Å². The van der Waals surface area contributed by atoms with E-state index in [1.165, 1.54) is 24.8 Å². The second-order valence-corrected chi connectivity index (χ2v) is 5.53. The van der Waals surface area contributed by atoms with Gasteiger partial charge in [-0.3, -0.25) is 0 Å². The lowest BCUT2D eigenvalue weighted by Crippen LogP contribution is -2.38. The average molecular weight is 293 g/mol. The van der Waals surface area contributed by atoms with E-state index in [4.69, 9.17) is 9.47 Å². The number of hydrogen-bond acceptors (Lipinski definition) is 3. The first kappa shape index (κ1) is 17.8. The zero-order chi connectivity index (χ0) is 15.7. The number of benzene rings is 1. The first-order valence-corrected chi connectivity index (χ1v) is 8.14. The zero-order valence-corrected chi connectivity index (χ0v) is 14.2. The fraction of sp³-hybridized carbons (Fsp3) is 0.667. The predicted molar refractivity (Wildman–Crippen MR) is 89.4 cm³/mol. The Labute approximate surface area is 130 Å². The number of ether oxygens (including phenoxy) is 2. The molecule has 1 N–H and O–H groups in total. The van der Waals surface area contributed by atoms with Crippen molar-refractivity contribution in [3.05, 3.63) is 23.8 Å². The summed E-state index contributed by atoms with van der Waals surface area (Å²) in [6.07, 6.45) is 4.63. The first-order chi connectivity index (χ1) is 10.2. The Morgan fingerprint density at radius 3 is 2.19 bits per heavy atom. The molecular weight excluding hydrogens is 262 g/mol. The molecule has 0 aliphatic heterocycles. The van der Waals surface area contributed by atoms with E-state index in [0.717, 1.165) is 24.5 Å². The maximum absolute atomic E-state index is 5.41. The van der Waals surface area contributed by atoms with Crippen LogP contribution in [-0.2, 0) is 6.42 Å². The van der Waals surface area contributed by atoms with Crippen LogP contribution in [0.3, 0.4) is 0 Å². The predicted octanol–water partition coefficient (Wildman–Crippen LogP) is 4.05. The topological polar surface area (TPSA) is 30.5 Å². The van der Waals surface area contributed by atoms with Crippen molar-refractivity contribution in [1.82, 2.24) is 5.32 Å². The summed E-state index contributed by atoms with van der Waals surface area (Å²) in [5.74, 6) is 2.32. The van der Waals surface area contributed by atoms with E-state index >= 15 is 0 Å². The summed E-state index contributed by atoms with van der Waals surface area (Å²) in [4.78, 5) is 0. The van der Waals surface area contributed by atoms with Crippen LogP contribution in [0.4, 0.5) is 0 Å². The Bertz CT molecular complexity index is 402. The van der Waals surface area contributed by atoms with E-state index in [2.05, 4.69) is 38.2 Å². The van der Waals surface area contributed by atoms with Crippen LogP contribution in [0.5, 0.6) is 11.5 Å². The van der Waals surface area contributed by atoms with Gasteiger partial charge in [-0.05, 0) is 43.0 Å². The summed E-state index contributed by atoms with van der Waals surface area (Å²) in [5.41, 5.74) is 1.30. The second kappa shape index (κ2) is 9.67. The van der Waals surface area contributed by atoms with E-state index in [1.807, 2.05) is 6.07 Å². The van der Waals surface area contributed by atoms with Gasteiger partial charge in [-0.2, -0.15) is 0 Å². The fourth-order valence-corrected chi connectivity index (χ4v) is 2.85. The van der Waals surface area contributed by atoms with Crippen molar-refractivity contribution in [2.24, 2.45) is 5.92 Å². The SMILES string of the molecule is CCCNC(Cc1ccc(OC)c(OC)c1)C(CC)CC. The lowest BCUT2D eigenvalue weighted by atomic mass is 9.89. The van der Waals surface area contributed by atoms with E-state index in [0.29, 0.717) is 12.0 Å². The van der Waals surface area contributed by atoms with Crippen molar-refractivity contribution in [3.63, 3.8) is 0 Å². The lowest BCUT2D eigenvalue weighted by molar-refractivity contribution is 0.330. The van der Waals surface area contributed by atoms with Gasteiger partial charge in [-0.15, -0.1) is 0 Å². The molecule has 120 valence electrons. The number of hydrogen-bond donors (Lipinski definition) is 1. The second-order valence-electron chi connectivity index (χ2n) is 5.53. The third-order valence-corrected chi connectivity index (χ3v) is 4.18. The molecule has 0 fully saturated rings. The van der Waals surface area contributed by atoms with Gasteiger partial charge in [0.15, 0.2) is 11.5 Å². The van der Waals surface area contributed by atoms with Crippen molar-refractivity contribution in [2.75, 3.05) is 20.8 Å². The van der Waals surface area contributed by atoms with Crippen LogP contribution >= 0.6 is 0 Å². The smallest absolute Gasteiger partial charge is 0.160 e. The molecule has 0 aliphatic rings. The minimum atomic E-state index is 0.526. The van der Waals surface area contributed by atoms with Crippen molar-refractivity contribution in [2.45, 2.75) is 52.5 Å². The van der Waals surface area contributed by atoms with Crippen LogP contribution in [-0.4, -0.2) is 26.8 Å². The number of methoxy groups -OCH3 is 2. The van der Waals surface area contributed by atoms with Crippen LogP contribution < -0.4 is 14.8 Å². The minimum Gasteiger partial charge on any atom is -0.493 e. The fourth-order valence-electron chi connectivity index (χ4n) is 2.85. The Balaban J connectivity index is 2.86. The first-order valence-electron chi connectivity index (χ1n) is 8.14. The van der Waals surface area contributed by atoms with Gasteiger partial charge in [-0.1, -0.05) is 39.7 Å². The molecule has 1 rings (SSSR count). The Morgan fingerprint density at radius 1 is 1.00 bits per heavy atom. The highest BCUT2D eigenvalue weighted by Crippen LogP contribution is 2.29. The molecule has 0 aliphatic carbocycles. The molecule has 0 spiro atoms. The summed E-state index contributed by atoms with van der Waals surface area (Å²) in [5, 5.41) is 3.71. The molecule has 0 saturated carbocycles. The third-order valence-electron chi connectivity index (χ3n) is 4.18. The molecule has 1 unspecified atom stereocenters. The highest BCUT2D eigenvalue weighted by molar-refractivity contribution is 5.43. The molecule has 0 saturated heterocycles. The van der Waals surface area contributed by atoms with Crippen LogP contribution in [0.15, 0.2) is 18.2 Å². The normalized spacial score (nSPS) is 12.5. The van der Waals surface area contributed by atoms with Gasteiger partial charge >= 0.3 is 0 Å². The molecule has 3 nitrogen and oxygen atoms in total. The van der Waals surface area contributed by atoms with Crippen molar-refractivity contribution in [3.8, 4) is 11.5 Å². The van der Waals surface area contributed by atoms with Gasteiger partial charge in [0.25, 0.3) is 0 Å². The zero-order valence-electron chi connectivity index (χ0n) is 14.2. The highest BCUT2D eigenvalue weighted by atomic mass is 16.5. The minimum absolute atomic E-state index is 0.526. The van der Waals surface area contributed by atoms with Gasteiger partial charge in [0.2, 0.25) is 0 Å². The monoisotopic (exact) mass is 293 g/mol. The number of rotatable bonds is 10. The van der Waals surface area contributed by atoms with Gasteiger partial charge < -0.3 is 14.8 Å².